The highest BCUT2D eigenvalue weighted by atomic mass is 79.9. The Morgan fingerprint density at radius 1 is 1.06 bits per heavy atom. The van der Waals surface area contributed by atoms with Gasteiger partial charge in [0, 0.05) is 17.6 Å². The van der Waals surface area contributed by atoms with Crippen molar-refractivity contribution in [3.05, 3.63) is 75.8 Å². The number of aryl methyl sites for hydroxylation is 1. The van der Waals surface area contributed by atoms with Crippen molar-refractivity contribution in [2.24, 2.45) is 0 Å². The summed E-state index contributed by atoms with van der Waals surface area (Å²) in [6.07, 6.45) is 7.72. The SMILES string of the molecule is Cc1ccc(CN(CC(=O)NCCC2=CCCCC2)S(=O)(=O)c2ccc(Br)cc2)cc1. The maximum Gasteiger partial charge on any atom is 0.243 e. The Bertz CT molecular complexity index is 1020. The number of carbonyl (C=O) groups excluding carboxylic acids is 1. The fourth-order valence-electron chi connectivity index (χ4n) is 3.59. The molecule has 0 aliphatic heterocycles. The second-order valence-electron chi connectivity index (χ2n) is 7.92. The van der Waals surface area contributed by atoms with Crippen LogP contribution in [0, 0.1) is 6.92 Å². The number of nitrogens with zero attached hydrogens (tertiary/aromatic N) is 1. The van der Waals surface area contributed by atoms with Gasteiger partial charge < -0.3 is 5.32 Å². The summed E-state index contributed by atoms with van der Waals surface area (Å²) >= 11 is 3.33. The lowest BCUT2D eigenvalue weighted by atomic mass is 9.97. The van der Waals surface area contributed by atoms with Gasteiger partial charge in [0.25, 0.3) is 0 Å². The molecule has 0 atom stereocenters. The first-order valence-electron chi connectivity index (χ1n) is 10.6. The first-order valence-corrected chi connectivity index (χ1v) is 12.8. The van der Waals surface area contributed by atoms with Crippen molar-refractivity contribution >= 4 is 31.9 Å². The first-order chi connectivity index (χ1) is 14.8. The van der Waals surface area contributed by atoms with E-state index in [1.165, 1.54) is 22.7 Å². The monoisotopic (exact) mass is 504 g/mol. The molecule has 0 radical (unpaired) electrons. The molecule has 1 N–H and O–H groups in total. The Balaban J connectivity index is 1.71. The van der Waals surface area contributed by atoms with Crippen LogP contribution in [0.5, 0.6) is 0 Å². The predicted molar refractivity (Wildman–Crippen MR) is 127 cm³/mol. The van der Waals surface area contributed by atoms with Crippen LogP contribution in [-0.2, 0) is 21.4 Å². The van der Waals surface area contributed by atoms with Crippen molar-refractivity contribution in [3.63, 3.8) is 0 Å². The van der Waals surface area contributed by atoms with Crippen LogP contribution in [0.3, 0.4) is 0 Å². The summed E-state index contributed by atoms with van der Waals surface area (Å²) in [4.78, 5) is 12.8. The highest BCUT2D eigenvalue weighted by molar-refractivity contribution is 9.10. The largest absolute Gasteiger partial charge is 0.355 e. The summed E-state index contributed by atoms with van der Waals surface area (Å²) in [6, 6.07) is 14.2. The van der Waals surface area contributed by atoms with Crippen LogP contribution < -0.4 is 5.32 Å². The Morgan fingerprint density at radius 2 is 1.77 bits per heavy atom. The number of halogens is 1. The van der Waals surface area contributed by atoms with E-state index >= 15 is 0 Å². The molecule has 1 amide bonds. The smallest absolute Gasteiger partial charge is 0.243 e. The number of carbonyl (C=O) groups is 1. The molecule has 5 nitrogen and oxygen atoms in total. The fourth-order valence-corrected chi connectivity index (χ4v) is 5.24. The Hall–Kier alpha value is -1.96. The predicted octanol–water partition coefficient (Wildman–Crippen LogP) is 4.96. The minimum Gasteiger partial charge on any atom is -0.355 e. The van der Waals surface area contributed by atoms with Gasteiger partial charge in [-0.2, -0.15) is 4.31 Å². The average molecular weight is 505 g/mol. The molecule has 2 aromatic carbocycles. The fraction of sp³-hybridized carbons (Fsp3) is 0.375. The van der Waals surface area contributed by atoms with Gasteiger partial charge in [-0.05, 0) is 68.9 Å². The zero-order valence-electron chi connectivity index (χ0n) is 17.8. The molecule has 3 rings (SSSR count). The number of hydrogen-bond donors (Lipinski definition) is 1. The number of allylic oxidation sites excluding steroid dienone is 1. The zero-order valence-corrected chi connectivity index (χ0v) is 20.2. The molecule has 166 valence electrons. The highest BCUT2D eigenvalue weighted by Gasteiger charge is 2.27. The number of sulfonamides is 1. The summed E-state index contributed by atoms with van der Waals surface area (Å²) in [6.45, 7) is 2.43. The molecule has 1 aliphatic rings. The second kappa shape index (κ2) is 11.1. The third kappa shape index (κ3) is 7.02. The minimum absolute atomic E-state index is 0.136. The molecule has 0 saturated heterocycles. The van der Waals surface area contributed by atoms with E-state index in [0.717, 1.165) is 34.9 Å². The molecule has 0 unspecified atom stereocenters. The van der Waals surface area contributed by atoms with Crippen molar-refractivity contribution in [1.29, 1.82) is 0 Å². The van der Waals surface area contributed by atoms with Crippen LogP contribution in [0.1, 0.15) is 43.2 Å². The van der Waals surface area contributed by atoms with Gasteiger partial charge in [-0.3, -0.25) is 4.79 Å². The van der Waals surface area contributed by atoms with Gasteiger partial charge >= 0.3 is 0 Å². The van der Waals surface area contributed by atoms with E-state index in [-0.39, 0.29) is 23.9 Å². The number of hydrogen-bond acceptors (Lipinski definition) is 3. The molecular weight excluding hydrogens is 476 g/mol. The third-order valence-electron chi connectivity index (χ3n) is 5.40. The van der Waals surface area contributed by atoms with Gasteiger partial charge in [-0.15, -0.1) is 0 Å². The summed E-state index contributed by atoms with van der Waals surface area (Å²) in [5.41, 5.74) is 3.32. The van der Waals surface area contributed by atoms with Crippen LogP contribution in [-0.4, -0.2) is 31.7 Å². The van der Waals surface area contributed by atoms with E-state index < -0.39 is 10.0 Å². The molecule has 7 heteroatoms. The van der Waals surface area contributed by atoms with Crippen LogP contribution >= 0.6 is 15.9 Å². The van der Waals surface area contributed by atoms with E-state index in [9.17, 15) is 13.2 Å². The van der Waals surface area contributed by atoms with Gasteiger partial charge in [0.1, 0.15) is 0 Å². The minimum atomic E-state index is -3.83. The van der Waals surface area contributed by atoms with Crippen LogP contribution in [0.2, 0.25) is 0 Å². The number of amides is 1. The van der Waals surface area contributed by atoms with Crippen molar-refractivity contribution < 1.29 is 13.2 Å². The third-order valence-corrected chi connectivity index (χ3v) is 7.74. The van der Waals surface area contributed by atoms with Crippen LogP contribution in [0.4, 0.5) is 0 Å². The second-order valence-corrected chi connectivity index (χ2v) is 10.8. The van der Waals surface area contributed by atoms with Gasteiger partial charge in [0.2, 0.25) is 15.9 Å². The lowest BCUT2D eigenvalue weighted by molar-refractivity contribution is -0.121. The normalized spacial score (nSPS) is 14.4. The number of nitrogens with one attached hydrogen (secondary N) is 1. The van der Waals surface area contributed by atoms with E-state index in [2.05, 4.69) is 27.3 Å². The summed E-state index contributed by atoms with van der Waals surface area (Å²) in [5, 5.41) is 2.89. The Kier molecular flexibility index (Phi) is 8.46. The molecule has 0 bridgehead atoms. The molecule has 0 aromatic heterocycles. The van der Waals surface area contributed by atoms with E-state index in [1.807, 2.05) is 31.2 Å². The molecule has 2 aromatic rings. The molecular formula is C24H29BrN2O3S. The molecule has 0 fully saturated rings. The van der Waals surface area contributed by atoms with Crippen LogP contribution in [0.15, 0.2) is 69.5 Å². The molecule has 1 aliphatic carbocycles. The Morgan fingerprint density at radius 3 is 2.42 bits per heavy atom. The van der Waals surface area contributed by atoms with Crippen molar-refractivity contribution in [2.45, 2.75) is 50.5 Å². The summed E-state index contributed by atoms with van der Waals surface area (Å²) in [7, 11) is -3.83. The van der Waals surface area contributed by atoms with E-state index in [1.54, 1.807) is 24.3 Å². The lowest BCUT2D eigenvalue weighted by Gasteiger charge is -2.22. The lowest BCUT2D eigenvalue weighted by Crippen LogP contribution is -2.40. The maximum absolute atomic E-state index is 13.3. The summed E-state index contributed by atoms with van der Waals surface area (Å²) < 4.78 is 28.6. The van der Waals surface area contributed by atoms with Gasteiger partial charge in [-0.1, -0.05) is 57.4 Å². The summed E-state index contributed by atoms with van der Waals surface area (Å²) in [5.74, 6) is -0.288. The van der Waals surface area contributed by atoms with Crippen molar-refractivity contribution in [2.75, 3.05) is 13.1 Å². The van der Waals surface area contributed by atoms with Crippen molar-refractivity contribution in [3.8, 4) is 0 Å². The molecule has 0 heterocycles. The molecule has 0 saturated carbocycles. The average Bonchev–Trinajstić information content (AvgIpc) is 2.76. The van der Waals surface area contributed by atoms with Crippen molar-refractivity contribution in [1.82, 2.24) is 9.62 Å². The first kappa shape index (κ1) is 23.7. The number of rotatable bonds is 9. The van der Waals surface area contributed by atoms with Gasteiger partial charge in [0.05, 0.1) is 11.4 Å². The maximum atomic E-state index is 13.3. The van der Waals surface area contributed by atoms with Gasteiger partial charge in [-0.25, -0.2) is 8.42 Å². The van der Waals surface area contributed by atoms with E-state index in [4.69, 9.17) is 0 Å². The molecule has 0 spiro atoms. The van der Waals surface area contributed by atoms with Gasteiger partial charge in [0.15, 0.2) is 0 Å². The molecule has 31 heavy (non-hydrogen) atoms. The number of benzene rings is 2. The quantitative estimate of drug-likeness (QED) is 0.491. The zero-order chi connectivity index (χ0) is 22.3. The Labute approximate surface area is 193 Å². The van der Waals surface area contributed by atoms with Crippen LogP contribution in [0.25, 0.3) is 0 Å². The standard InChI is InChI=1S/C24H29BrN2O3S/c1-19-7-9-21(10-8-19)17-27(31(29,30)23-13-11-22(25)12-14-23)18-24(28)26-16-15-20-5-3-2-4-6-20/h5,7-14H,2-4,6,15-18H2,1H3,(H,26,28). The van der Waals surface area contributed by atoms with E-state index in [0.29, 0.717) is 6.54 Å². The highest BCUT2D eigenvalue weighted by Crippen LogP contribution is 2.21. The topological polar surface area (TPSA) is 66.5 Å².